The summed E-state index contributed by atoms with van der Waals surface area (Å²) < 4.78 is 28.8. The van der Waals surface area contributed by atoms with Gasteiger partial charge in [0.2, 0.25) is 0 Å². The van der Waals surface area contributed by atoms with Crippen LogP contribution in [0.5, 0.6) is 0 Å². The molecule has 0 saturated heterocycles. The molecule has 2 heterocycles. The first-order chi connectivity index (χ1) is 13.0. The zero-order valence-electron chi connectivity index (χ0n) is 14.2. The number of hydrogen-bond acceptors (Lipinski definition) is 4. The number of halogens is 2. The highest BCUT2D eigenvalue weighted by atomic mass is 19.1. The van der Waals surface area contributed by atoms with Gasteiger partial charge in [-0.15, -0.1) is 0 Å². The standard InChI is InChI=1S/C20H12F2N4O/c1-2-16-17(14-8-7-13(21)9-15(14)22)19-24-18(20(27)26(19)25-16)12-5-3-11(10-23)4-6-12/h3-9H,2H2,1H3. The first kappa shape index (κ1) is 16.8. The number of carbonyl (C=O) groups excluding carboxylic acids is 1. The van der Waals surface area contributed by atoms with E-state index in [1.54, 1.807) is 24.3 Å². The van der Waals surface area contributed by atoms with Crippen molar-refractivity contribution in [1.29, 1.82) is 5.26 Å². The van der Waals surface area contributed by atoms with E-state index in [1.807, 2.05) is 13.0 Å². The molecule has 0 amide bonds. The van der Waals surface area contributed by atoms with Crippen LogP contribution in [0.3, 0.4) is 0 Å². The van der Waals surface area contributed by atoms with Gasteiger partial charge in [0.15, 0.2) is 5.82 Å². The van der Waals surface area contributed by atoms with Gasteiger partial charge in [0.25, 0.3) is 5.91 Å². The van der Waals surface area contributed by atoms with Crippen molar-refractivity contribution < 1.29 is 13.6 Å². The number of hydrogen-bond donors (Lipinski definition) is 0. The number of aryl methyl sites for hydroxylation is 1. The van der Waals surface area contributed by atoms with Crippen molar-refractivity contribution in [3.63, 3.8) is 0 Å². The summed E-state index contributed by atoms with van der Waals surface area (Å²) in [7, 11) is 0. The Bertz CT molecular complexity index is 1150. The number of aromatic nitrogens is 2. The highest BCUT2D eigenvalue weighted by Crippen LogP contribution is 2.38. The molecule has 1 aliphatic heterocycles. The molecule has 0 spiro atoms. The van der Waals surface area contributed by atoms with Crippen LogP contribution in [-0.2, 0) is 6.42 Å². The summed E-state index contributed by atoms with van der Waals surface area (Å²) in [4.78, 5) is 17.1. The van der Waals surface area contributed by atoms with Crippen LogP contribution in [0, 0.1) is 23.0 Å². The number of aliphatic imine (C=N–C) groups is 1. The minimum atomic E-state index is -0.741. The van der Waals surface area contributed by atoms with Crippen LogP contribution in [0.1, 0.15) is 28.5 Å². The fourth-order valence-electron chi connectivity index (χ4n) is 3.06. The highest BCUT2D eigenvalue weighted by Gasteiger charge is 2.32. The SMILES string of the molecule is CCc1nn2c(c1-c1ccc(F)cc1F)N=C(c1ccc(C#N)cc1)C2=O. The molecule has 7 heteroatoms. The fraction of sp³-hybridized carbons (Fsp3) is 0.100. The van der Waals surface area contributed by atoms with Crippen LogP contribution < -0.4 is 0 Å². The molecule has 0 aliphatic carbocycles. The smallest absolute Gasteiger partial charge is 0.265 e. The predicted octanol–water partition coefficient (Wildman–Crippen LogP) is 4.04. The lowest BCUT2D eigenvalue weighted by atomic mass is 10.0. The van der Waals surface area contributed by atoms with E-state index < -0.39 is 17.5 Å². The topological polar surface area (TPSA) is 71.0 Å². The van der Waals surface area contributed by atoms with E-state index in [0.717, 1.165) is 16.8 Å². The molecule has 27 heavy (non-hydrogen) atoms. The zero-order valence-corrected chi connectivity index (χ0v) is 14.2. The third kappa shape index (κ3) is 2.62. The van der Waals surface area contributed by atoms with E-state index in [0.29, 0.717) is 28.8 Å². The molecule has 1 aliphatic rings. The average molecular weight is 362 g/mol. The molecular weight excluding hydrogens is 350 g/mol. The van der Waals surface area contributed by atoms with Gasteiger partial charge >= 0.3 is 0 Å². The largest absolute Gasteiger partial charge is 0.299 e. The maximum atomic E-state index is 14.4. The Morgan fingerprint density at radius 3 is 2.52 bits per heavy atom. The molecule has 0 fully saturated rings. The minimum Gasteiger partial charge on any atom is -0.265 e. The van der Waals surface area contributed by atoms with Crippen LogP contribution >= 0.6 is 0 Å². The van der Waals surface area contributed by atoms with Crippen LogP contribution in [0.25, 0.3) is 11.1 Å². The molecule has 0 atom stereocenters. The number of carbonyl (C=O) groups is 1. The predicted molar refractivity (Wildman–Crippen MR) is 94.9 cm³/mol. The zero-order chi connectivity index (χ0) is 19.1. The van der Waals surface area contributed by atoms with E-state index in [9.17, 15) is 13.6 Å². The highest BCUT2D eigenvalue weighted by molar-refractivity contribution is 6.48. The Balaban J connectivity index is 1.88. The Labute approximate surface area is 153 Å². The van der Waals surface area contributed by atoms with Crippen LogP contribution in [0.2, 0.25) is 0 Å². The van der Waals surface area contributed by atoms with E-state index >= 15 is 0 Å². The van der Waals surface area contributed by atoms with Crippen LogP contribution in [0.15, 0.2) is 47.5 Å². The summed E-state index contributed by atoms with van der Waals surface area (Å²) in [6.07, 6.45) is 0.459. The van der Waals surface area contributed by atoms with Crippen LogP contribution in [-0.4, -0.2) is 21.4 Å². The molecule has 132 valence electrons. The van der Waals surface area contributed by atoms with Gasteiger partial charge in [-0.2, -0.15) is 15.0 Å². The number of nitriles is 1. The van der Waals surface area contributed by atoms with Crippen molar-refractivity contribution >= 4 is 17.4 Å². The molecule has 1 aromatic heterocycles. The molecule has 2 aromatic carbocycles. The number of nitrogens with zero attached hydrogens (tertiary/aromatic N) is 4. The fourth-order valence-corrected chi connectivity index (χ4v) is 3.06. The second kappa shape index (κ2) is 6.25. The van der Waals surface area contributed by atoms with Crippen LogP contribution in [0.4, 0.5) is 14.6 Å². The lowest BCUT2D eigenvalue weighted by molar-refractivity contribution is 0.0984. The molecule has 0 bridgehead atoms. The summed E-state index contributed by atoms with van der Waals surface area (Å²) in [5, 5.41) is 13.2. The van der Waals surface area contributed by atoms with Crippen molar-refractivity contribution in [2.24, 2.45) is 4.99 Å². The van der Waals surface area contributed by atoms with Gasteiger partial charge in [-0.1, -0.05) is 19.1 Å². The van der Waals surface area contributed by atoms with Crippen molar-refractivity contribution in [3.8, 4) is 17.2 Å². The van der Waals surface area contributed by atoms with Gasteiger partial charge in [0, 0.05) is 17.2 Å². The summed E-state index contributed by atoms with van der Waals surface area (Å²) in [5.74, 6) is -1.63. The Morgan fingerprint density at radius 1 is 1.15 bits per heavy atom. The normalized spacial score (nSPS) is 12.7. The summed E-state index contributed by atoms with van der Waals surface area (Å²) in [6.45, 7) is 1.83. The maximum Gasteiger partial charge on any atom is 0.299 e. The second-order valence-corrected chi connectivity index (χ2v) is 5.99. The van der Waals surface area contributed by atoms with E-state index in [1.165, 1.54) is 6.07 Å². The Kier molecular flexibility index (Phi) is 3.89. The molecule has 0 radical (unpaired) electrons. The Morgan fingerprint density at radius 2 is 1.89 bits per heavy atom. The van der Waals surface area contributed by atoms with Crippen molar-refractivity contribution in [1.82, 2.24) is 9.78 Å². The van der Waals surface area contributed by atoms with Gasteiger partial charge in [0.05, 0.1) is 22.9 Å². The van der Waals surface area contributed by atoms with Crippen molar-refractivity contribution in [2.75, 3.05) is 0 Å². The number of fused-ring (bicyclic) bond motifs is 1. The van der Waals surface area contributed by atoms with Gasteiger partial charge in [0.1, 0.15) is 17.3 Å². The maximum absolute atomic E-state index is 14.4. The third-order valence-corrected chi connectivity index (χ3v) is 4.37. The number of benzene rings is 2. The summed E-state index contributed by atoms with van der Waals surface area (Å²) >= 11 is 0. The average Bonchev–Trinajstić information content (AvgIpc) is 3.18. The molecule has 3 aromatic rings. The molecule has 0 saturated carbocycles. The van der Waals surface area contributed by atoms with Gasteiger partial charge in [-0.3, -0.25) is 4.79 Å². The first-order valence-electron chi connectivity index (χ1n) is 8.24. The monoisotopic (exact) mass is 362 g/mol. The van der Waals surface area contributed by atoms with E-state index in [-0.39, 0.29) is 17.1 Å². The molecule has 4 rings (SSSR count). The molecule has 0 unspecified atom stereocenters. The lowest BCUT2D eigenvalue weighted by Crippen LogP contribution is -2.18. The van der Waals surface area contributed by atoms with E-state index in [4.69, 9.17) is 5.26 Å². The quantitative estimate of drug-likeness (QED) is 0.706. The third-order valence-electron chi connectivity index (χ3n) is 4.37. The summed E-state index contributed by atoms with van der Waals surface area (Å²) in [6, 6.07) is 11.7. The first-order valence-corrected chi connectivity index (χ1v) is 8.24. The van der Waals surface area contributed by atoms with Gasteiger partial charge in [-0.05, 0) is 30.7 Å². The van der Waals surface area contributed by atoms with E-state index in [2.05, 4.69) is 10.1 Å². The summed E-state index contributed by atoms with van der Waals surface area (Å²) in [5.41, 5.74) is 2.19. The minimum absolute atomic E-state index is 0.145. The van der Waals surface area contributed by atoms with Gasteiger partial charge in [-0.25, -0.2) is 13.8 Å². The van der Waals surface area contributed by atoms with Crippen molar-refractivity contribution in [2.45, 2.75) is 13.3 Å². The second-order valence-electron chi connectivity index (χ2n) is 5.99. The molecule has 5 nitrogen and oxygen atoms in total. The lowest BCUT2D eigenvalue weighted by Gasteiger charge is -2.04. The molecular formula is C20H12F2N4O. The molecule has 0 N–H and O–H groups in total. The number of rotatable bonds is 3. The Hall–Kier alpha value is -3.66. The van der Waals surface area contributed by atoms with Gasteiger partial charge < -0.3 is 0 Å². The van der Waals surface area contributed by atoms with Crippen molar-refractivity contribution in [3.05, 3.63) is 70.9 Å².